The quantitative estimate of drug-likeness (QED) is 0.263. The number of halogens is 1. The second-order valence-corrected chi connectivity index (χ2v) is 9.50. The highest BCUT2D eigenvalue weighted by atomic mass is 35.5. The predicted molar refractivity (Wildman–Crippen MR) is 142 cm³/mol. The number of fused-ring (bicyclic) bond motifs is 1. The highest BCUT2D eigenvalue weighted by molar-refractivity contribution is 6.33. The minimum atomic E-state index is -0.813. The first-order valence-corrected chi connectivity index (χ1v) is 12.5. The van der Waals surface area contributed by atoms with Gasteiger partial charge in [-0.15, -0.1) is 0 Å². The SMILES string of the molecule is O=c1[nH]ccn1-c1ccc(-c2ccc(-c3nc4nc(O[C@H]5CO[C@H](CO)[C@@H](O)C5)[nH]c4cc3Cl)cc2)cc1. The van der Waals surface area contributed by atoms with Crippen molar-refractivity contribution in [1.29, 1.82) is 0 Å². The lowest BCUT2D eigenvalue weighted by molar-refractivity contribution is -0.131. The molecule has 1 aliphatic rings. The number of pyridine rings is 1. The lowest BCUT2D eigenvalue weighted by Gasteiger charge is -2.31. The van der Waals surface area contributed by atoms with Crippen LogP contribution in [0.5, 0.6) is 6.01 Å². The van der Waals surface area contributed by atoms with E-state index in [1.807, 2.05) is 48.5 Å². The topological polar surface area (TPSA) is 138 Å². The first kappa shape index (κ1) is 24.4. The van der Waals surface area contributed by atoms with Crippen LogP contribution < -0.4 is 10.4 Å². The first-order valence-electron chi connectivity index (χ1n) is 12.1. The zero-order valence-corrected chi connectivity index (χ0v) is 20.8. The third-order valence-electron chi connectivity index (χ3n) is 6.58. The molecule has 11 heteroatoms. The molecule has 0 radical (unpaired) electrons. The van der Waals surface area contributed by atoms with E-state index < -0.39 is 18.3 Å². The molecular formula is C27H24ClN5O5. The molecule has 3 aromatic heterocycles. The molecule has 4 heterocycles. The minimum Gasteiger partial charge on any atom is -0.459 e. The van der Waals surface area contributed by atoms with Crippen LogP contribution in [0.2, 0.25) is 5.02 Å². The summed E-state index contributed by atoms with van der Waals surface area (Å²) in [5, 5.41) is 19.8. The Bertz CT molecular complexity index is 1630. The predicted octanol–water partition coefficient (Wildman–Crippen LogP) is 3.31. The van der Waals surface area contributed by atoms with Crippen molar-refractivity contribution < 1.29 is 19.7 Å². The minimum absolute atomic E-state index is 0.183. The summed E-state index contributed by atoms with van der Waals surface area (Å²) in [6.45, 7) is -0.00784. The van der Waals surface area contributed by atoms with Crippen LogP contribution >= 0.6 is 11.6 Å². The van der Waals surface area contributed by atoms with Crippen molar-refractivity contribution >= 4 is 22.8 Å². The van der Waals surface area contributed by atoms with Gasteiger partial charge in [-0.2, -0.15) is 4.98 Å². The van der Waals surface area contributed by atoms with Gasteiger partial charge in [0.2, 0.25) is 0 Å². The number of ether oxygens (including phenoxy) is 2. The number of aliphatic hydroxyl groups excluding tert-OH is 2. The molecule has 0 saturated carbocycles. The molecule has 0 unspecified atom stereocenters. The fraction of sp³-hybridized carbons (Fsp3) is 0.222. The summed E-state index contributed by atoms with van der Waals surface area (Å²) in [6.07, 6.45) is 1.79. The number of nitrogens with zero attached hydrogens (tertiary/aromatic N) is 3. The molecule has 0 amide bonds. The van der Waals surface area contributed by atoms with Crippen LogP contribution in [0.4, 0.5) is 0 Å². The van der Waals surface area contributed by atoms with Crippen molar-refractivity contribution in [3.05, 3.63) is 82.5 Å². The van der Waals surface area contributed by atoms with Gasteiger partial charge < -0.3 is 29.7 Å². The molecule has 4 N–H and O–H groups in total. The van der Waals surface area contributed by atoms with E-state index >= 15 is 0 Å². The Morgan fingerprint density at radius 1 is 1.08 bits per heavy atom. The molecule has 10 nitrogen and oxygen atoms in total. The van der Waals surface area contributed by atoms with Gasteiger partial charge in [0.1, 0.15) is 12.2 Å². The van der Waals surface area contributed by atoms with E-state index in [9.17, 15) is 15.0 Å². The molecule has 1 aliphatic heterocycles. The molecule has 1 fully saturated rings. The molecule has 6 rings (SSSR count). The Balaban J connectivity index is 1.20. The number of aliphatic hydroxyl groups is 2. The fourth-order valence-electron chi connectivity index (χ4n) is 4.56. The highest BCUT2D eigenvalue weighted by Gasteiger charge is 2.31. The summed E-state index contributed by atoms with van der Waals surface area (Å²) in [4.78, 5) is 26.6. The van der Waals surface area contributed by atoms with Crippen LogP contribution in [0.25, 0.3) is 39.2 Å². The Labute approximate surface area is 221 Å². The molecule has 0 aliphatic carbocycles. The van der Waals surface area contributed by atoms with Gasteiger partial charge in [-0.05, 0) is 29.3 Å². The molecule has 38 heavy (non-hydrogen) atoms. The van der Waals surface area contributed by atoms with Crippen molar-refractivity contribution in [3.8, 4) is 34.1 Å². The molecule has 5 aromatic rings. The first-order chi connectivity index (χ1) is 18.5. The van der Waals surface area contributed by atoms with Crippen molar-refractivity contribution in [3.63, 3.8) is 0 Å². The van der Waals surface area contributed by atoms with Gasteiger partial charge in [-0.1, -0.05) is 48.0 Å². The van der Waals surface area contributed by atoms with Crippen molar-refractivity contribution in [1.82, 2.24) is 24.5 Å². The van der Waals surface area contributed by atoms with Gasteiger partial charge in [-0.25, -0.2) is 9.78 Å². The number of aromatic amines is 2. The van der Waals surface area contributed by atoms with E-state index in [4.69, 9.17) is 21.1 Å². The highest BCUT2D eigenvalue weighted by Crippen LogP contribution is 2.31. The van der Waals surface area contributed by atoms with Crippen LogP contribution in [-0.4, -0.2) is 66.2 Å². The largest absolute Gasteiger partial charge is 0.459 e. The van der Waals surface area contributed by atoms with Gasteiger partial charge in [0.15, 0.2) is 5.65 Å². The molecule has 0 bridgehead atoms. The van der Waals surface area contributed by atoms with Crippen molar-refractivity contribution in [2.24, 2.45) is 0 Å². The lowest BCUT2D eigenvalue weighted by atomic mass is 10.0. The average Bonchev–Trinajstić information content (AvgIpc) is 3.53. The van der Waals surface area contributed by atoms with E-state index in [2.05, 4.69) is 19.9 Å². The van der Waals surface area contributed by atoms with E-state index in [0.717, 1.165) is 22.4 Å². The van der Waals surface area contributed by atoms with Gasteiger partial charge in [0.25, 0.3) is 6.01 Å². The maximum Gasteiger partial charge on any atom is 0.330 e. The standard InChI is InChI=1S/C27H24ClN5O5/c28-20-12-21-25(32-26(30-21)38-19-11-22(35)23(13-34)37-14-19)31-24(20)17-3-1-15(2-4-17)16-5-7-18(8-6-16)33-10-9-29-27(33)36/h1-10,12,19,22-23,34-35H,11,13-14H2,(H,29,36)(H,30,31,32)/t19-,22+,23-/m1/s1. The van der Waals surface area contributed by atoms with Crippen LogP contribution in [-0.2, 0) is 4.74 Å². The fourth-order valence-corrected chi connectivity index (χ4v) is 4.82. The summed E-state index contributed by atoms with van der Waals surface area (Å²) in [5.74, 6) is 0. The number of imidazole rings is 2. The monoisotopic (exact) mass is 533 g/mol. The number of rotatable bonds is 6. The van der Waals surface area contributed by atoms with Gasteiger partial charge >= 0.3 is 5.69 Å². The second-order valence-electron chi connectivity index (χ2n) is 9.09. The normalized spacial score (nSPS) is 19.6. The molecule has 194 valence electrons. The second kappa shape index (κ2) is 10.1. The number of nitrogens with one attached hydrogen (secondary N) is 2. The Morgan fingerprint density at radius 2 is 1.79 bits per heavy atom. The number of H-pyrrole nitrogens is 2. The van der Waals surface area contributed by atoms with E-state index in [-0.39, 0.29) is 24.9 Å². The van der Waals surface area contributed by atoms with Gasteiger partial charge in [0, 0.05) is 24.4 Å². The molecule has 3 atom stereocenters. The number of hydrogen-bond acceptors (Lipinski definition) is 7. The zero-order chi connectivity index (χ0) is 26.2. The summed E-state index contributed by atoms with van der Waals surface area (Å²) in [6, 6.07) is 17.6. The molecular weight excluding hydrogens is 510 g/mol. The molecule has 0 spiro atoms. The smallest absolute Gasteiger partial charge is 0.330 e. The maximum absolute atomic E-state index is 11.8. The van der Waals surface area contributed by atoms with Crippen LogP contribution in [0.3, 0.4) is 0 Å². The Kier molecular flexibility index (Phi) is 6.46. The Hall–Kier alpha value is -3.96. The van der Waals surface area contributed by atoms with Gasteiger partial charge in [-0.3, -0.25) is 4.57 Å². The maximum atomic E-state index is 11.8. The zero-order valence-electron chi connectivity index (χ0n) is 20.0. The van der Waals surface area contributed by atoms with E-state index in [0.29, 0.717) is 28.3 Å². The summed E-state index contributed by atoms with van der Waals surface area (Å²) >= 11 is 6.57. The molecule has 1 saturated heterocycles. The third-order valence-corrected chi connectivity index (χ3v) is 6.87. The van der Waals surface area contributed by atoms with Crippen molar-refractivity contribution in [2.45, 2.75) is 24.7 Å². The van der Waals surface area contributed by atoms with Crippen molar-refractivity contribution in [2.75, 3.05) is 13.2 Å². The number of benzene rings is 2. The van der Waals surface area contributed by atoms with E-state index in [1.165, 1.54) is 0 Å². The third kappa shape index (κ3) is 4.70. The summed E-state index contributed by atoms with van der Waals surface area (Å²) < 4.78 is 12.8. The van der Waals surface area contributed by atoms with Crippen LogP contribution in [0.1, 0.15) is 6.42 Å². The summed E-state index contributed by atoms with van der Waals surface area (Å²) in [5.41, 5.74) is 5.11. The number of aromatic nitrogens is 5. The Morgan fingerprint density at radius 3 is 2.45 bits per heavy atom. The number of hydrogen-bond donors (Lipinski definition) is 4. The van der Waals surface area contributed by atoms with Crippen LogP contribution in [0, 0.1) is 0 Å². The van der Waals surface area contributed by atoms with Crippen LogP contribution in [0.15, 0.2) is 71.8 Å². The molecule has 2 aromatic carbocycles. The average molecular weight is 534 g/mol. The summed E-state index contributed by atoms with van der Waals surface area (Å²) in [7, 11) is 0. The van der Waals surface area contributed by atoms with Gasteiger partial charge in [0.05, 0.1) is 41.2 Å². The lowest BCUT2D eigenvalue weighted by Crippen LogP contribution is -2.45. The van der Waals surface area contributed by atoms with E-state index in [1.54, 1.807) is 23.0 Å².